The van der Waals surface area contributed by atoms with E-state index in [1.807, 2.05) is 26.1 Å². The summed E-state index contributed by atoms with van der Waals surface area (Å²) in [6.07, 6.45) is 2.59. The number of aromatic nitrogens is 3. The number of piperidine rings is 1. The second-order valence-electron chi connectivity index (χ2n) is 6.60. The van der Waals surface area contributed by atoms with Crippen LogP contribution < -0.4 is 0 Å². The lowest BCUT2D eigenvalue weighted by Gasteiger charge is -2.39. The molecule has 2 aromatic rings. The fraction of sp³-hybridized carbons (Fsp3) is 0.529. The Morgan fingerprint density at radius 2 is 2.20 bits per heavy atom. The van der Waals surface area contributed by atoms with Crippen LogP contribution in [0.3, 0.4) is 0 Å². The van der Waals surface area contributed by atoms with Crippen LogP contribution in [0.25, 0.3) is 0 Å². The molecule has 0 N–H and O–H groups in total. The molecule has 8 nitrogen and oxygen atoms in total. The summed E-state index contributed by atoms with van der Waals surface area (Å²) in [5.41, 5.74) is 1.57. The molecule has 134 valence electrons. The van der Waals surface area contributed by atoms with Crippen molar-refractivity contribution in [3.63, 3.8) is 0 Å². The van der Waals surface area contributed by atoms with Gasteiger partial charge < -0.3 is 14.3 Å². The highest BCUT2D eigenvalue weighted by atomic mass is 16.5. The van der Waals surface area contributed by atoms with Crippen LogP contribution in [0.2, 0.25) is 0 Å². The molecule has 2 aromatic heterocycles. The molecule has 0 saturated carbocycles. The molecule has 25 heavy (non-hydrogen) atoms. The molecule has 2 atom stereocenters. The minimum atomic E-state index is -0.317. The van der Waals surface area contributed by atoms with Crippen LogP contribution in [0, 0.1) is 12.8 Å². The summed E-state index contributed by atoms with van der Waals surface area (Å²) in [6, 6.07) is 3.36. The van der Waals surface area contributed by atoms with Crippen molar-refractivity contribution in [1.29, 1.82) is 0 Å². The summed E-state index contributed by atoms with van der Waals surface area (Å²) in [7, 11) is 5.33. The van der Waals surface area contributed by atoms with Gasteiger partial charge in [-0.2, -0.15) is 5.10 Å². The Bertz CT molecular complexity index is 781. The van der Waals surface area contributed by atoms with Crippen molar-refractivity contribution in [3.8, 4) is 0 Å². The maximum atomic E-state index is 13.1. The summed E-state index contributed by atoms with van der Waals surface area (Å²) < 4.78 is 6.79. The van der Waals surface area contributed by atoms with Gasteiger partial charge in [0.15, 0.2) is 0 Å². The van der Waals surface area contributed by atoms with Crippen molar-refractivity contribution in [2.45, 2.75) is 32.4 Å². The zero-order chi connectivity index (χ0) is 18.1. The monoisotopic (exact) mass is 345 g/mol. The average Bonchev–Trinajstić information content (AvgIpc) is 3.17. The van der Waals surface area contributed by atoms with Crippen LogP contribution in [-0.2, 0) is 23.2 Å². The first-order chi connectivity index (χ1) is 11.9. The quantitative estimate of drug-likeness (QED) is 0.833. The number of amides is 2. The van der Waals surface area contributed by atoms with Gasteiger partial charge in [-0.05, 0) is 19.4 Å². The van der Waals surface area contributed by atoms with Crippen LogP contribution in [-0.4, -0.2) is 50.6 Å². The minimum absolute atomic E-state index is 0.00815. The lowest BCUT2D eigenvalue weighted by molar-refractivity contribution is -0.146. The van der Waals surface area contributed by atoms with Gasteiger partial charge in [0.25, 0.3) is 0 Å². The number of aryl methyl sites for hydroxylation is 2. The van der Waals surface area contributed by atoms with Gasteiger partial charge in [-0.25, -0.2) is 0 Å². The van der Waals surface area contributed by atoms with Gasteiger partial charge >= 0.3 is 0 Å². The molecular formula is C17H23N5O3. The molecule has 1 fully saturated rings. The number of likely N-dealkylation sites (tertiary alicyclic amines) is 1. The highest BCUT2D eigenvalue weighted by molar-refractivity contribution is 5.84. The molecule has 0 aliphatic carbocycles. The van der Waals surface area contributed by atoms with E-state index in [-0.39, 0.29) is 23.8 Å². The Balaban J connectivity index is 1.83. The third-order valence-corrected chi connectivity index (χ3v) is 4.79. The molecule has 0 unspecified atom stereocenters. The van der Waals surface area contributed by atoms with Gasteiger partial charge in [-0.1, -0.05) is 5.16 Å². The van der Waals surface area contributed by atoms with E-state index in [0.29, 0.717) is 30.8 Å². The highest BCUT2D eigenvalue weighted by Crippen LogP contribution is 2.36. The smallest absolute Gasteiger partial charge is 0.228 e. The van der Waals surface area contributed by atoms with Gasteiger partial charge in [0, 0.05) is 39.8 Å². The standard InChI is InChI=1S/C17H23N5O3/c1-11-9-12(19-25-11)10-20(2)17(24)13-5-6-15(23)21(3)16(13)14-7-8-18-22(14)4/h7-9,13,16H,5-6,10H2,1-4H3/t13-,16-/m0/s1. The van der Waals surface area contributed by atoms with Gasteiger partial charge in [0.2, 0.25) is 11.8 Å². The van der Waals surface area contributed by atoms with Crippen molar-refractivity contribution in [2.24, 2.45) is 13.0 Å². The van der Waals surface area contributed by atoms with Crippen molar-refractivity contribution >= 4 is 11.8 Å². The van der Waals surface area contributed by atoms with Crippen LogP contribution in [0.5, 0.6) is 0 Å². The van der Waals surface area contributed by atoms with Crippen LogP contribution in [0.1, 0.15) is 36.0 Å². The van der Waals surface area contributed by atoms with Crippen LogP contribution in [0.15, 0.2) is 22.9 Å². The van der Waals surface area contributed by atoms with E-state index in [1.165, 1.54) is 0 Å². The van der Waals surface area contributed by atoms with Gasteiger partial charge in [-0.3, -0.25) is 14.3 Å². The Hall–Kier alpha value is -2.64. The van der Waals surface area contributed by atoms with E-state index in [1.54, 1.807) is 34.8 Å². The Morgan fingerprint density at radius 3 is 2.80 bits per heavy atom. The predicted octanol–water partition coefficient (Wildman–Crippen LogP) is 1.28. The zero-order valence-electron chi connectivity index (χ0n) is 15.0. The first-order valence-electron chi connectivity index (χ1n) is 8.29. The second kappa shape index (κ2) is 6.70. The van der Waals surface area contributed by atoms with Crippen LogP contribution in [0.4, 0.5) is 0 Å². The van der Waals surface area contributed by atoms with Gasteiger partial charge in [0.05, 0.1) is 24.2 Å². The number of carbonyl (C=O) groups is 2. The van der Waals surface area contributed by atoms with Crippen molar-refractivity contribution in [2.75, 3.05) is 14.1 Å². The topological polar surface area (TPSA) is 84.5 Å². The fourth-order valence-corrected chi connectivity index (χ4v) is 3.47. The lowest BCUT2D eigenvalue weighted by Crippen LogP contribution is -2.47. The highest BCUT2D eigenvalue weighted by Gasteiger charge is 2.41. The van der Waals surface area contributed by atoms with Crippen molar-refractivity contribution in [1.82, 2.24) is 24.7 Å². The molecule has 2 amide bonds. The molecule has 1 aliphatic heterocycles. The van der Waals surface area contributed by atoms with Crippen molar-refractivity contribution < 1.29 is 14.1 Å². The van der Waals surface area contributed by atoms with Crippen molar-refractivity contribution in [3.05, 3.63) is 35.5 Å². The Labute approximate surface area is 146 Å². The third-order valence-electron chi connectivity index (χ3n) is 4.79. The third kappa shape index (κ3) is 3.29. The predicted molar refractivity (Wildman–Crippen MR) is 89.2 cm³/mol. The summed E-state index contributed by atoms with van der Waals surface area (Å²) in [6.45, 7) is 2.20. The average molecular weight is 345 g/mol. The fourth-order valence-electron chi connectivity index (χ4n) is 3.47. The maximum Gasteiger partial charge on any atom is 0.228 e. The number of carbonyl (C=O) groups excluding carboxylic acids is 2. The zero-order valence-corrected chi connectivity index (χ0v) is 15.0. The van der Waals surface area contributed by atoms with E-state index >= 15 is 0 Å². The first kappa shape index (κ1) is 17.2. The normalized spacial score (nSPS) is 20.8. The largest absolute Gasteiger partial charge is 0.361 e. The minimum Gasteiger partial charge on any atom is -0.361 e. The number of hydrogen-bond donors (Lipinski definition) is 0. The van der Waals surface area contributed by atoms with E-state index < -0.39 is 0 Å². The molecule has 1 aliphatic rings. The molecule has 0 bridgehead atoms. The van der Waals surface area contributed by atoms with Gasteiger partial charge in [0.1, 0.15) is 11.5 Å². The van der Waals surface area contributed by atoms with Gasteiger partial charge in [-0.15, -0.1) is 0 Å². The molecule has 1 saturated heterocycles. The summed E-state index contributed by atoms with van der Waals surface area (Å²) in [5, 5.41) is 8.14. The molecule has 0 aromatic carbocycles. The molecule has 0 radical (unpaired) electrons. The summed E-state index contributed by atoms with van der Waals surface area (Å²) >= 11 is 0. The summed E-state index contributed by atoms with van der Waals surface area (Å²) in [5.74, 6) is 0.443. The van der Waals surface area contributed by atoms with E-state index in [2.05, 4.69) is 10.3 Å². The molecule has 0 spiro atoms. The SMILES string of the molecule is Cc1cc(CN(C)C(=O)[C@H]2CCC(=O)N(C)[C@@H]2c2ccnn2C)no1. The number of hydrogen-bond acceptors (Lipinski definition) is 5. The molecular weight excluding hydrogens is 322 g/mol. The van der Waals surface area contributed by atoms with E-state index in [4.69, 9.17) is 4.52 Å². The van der Waals surface area contributed by atoms with E-state index in [9.17, 15) is 9.59 Å². The maximum absolute atomic E-state index is 13.1. The molecule has 3 heterocycles. The van der Waals surface area contributed by atoms with E-state index in [0.717, 1.165) is 5.69 Å². The Kier molecular flexibility index (Phi) is 4.61. The molecule has 3 rings (SSSR count). The summed E-state index contributed by atoms with van der Waals surface area (Å²) in [4.78, 5) is 28.6. The second-order valence-corrected chi connectivity index (χ2v) is 6.60. The first-order valence-corrected chi connectivity index (χ1v) is 8.29. The number of rotatable bonds is 4. The van der Waals surface area contributed by atoms with Crippen LogP contribution >= 0.6 is 0 Å². The molecule has 8 heteroatoms. The Morgan fingerprint density at radius 1 is 1.44 bits per heavy atom. The number of nitrogens with zero attached hydrogens (tertiary/aromatic N) is 5. The lowest BCUT2D eigenvalue weighted by atomic mass is 9.85.